The van der Waals surface area contributed by atoms with Crippen LogP contribution in [0.1, 0.15) is 23.2 Å². The molecule has 1 heterocycles. The fourth-order valence-electron chi connectivity index (χ4n) is 2.53. The van der Waals surface area contributed by atoms with Crippen LogP contribution in [0.2, 0.25) is 0 Å². The number of carbonyl (C=O) groups excluding carboxylic acids is 1. The molecule has 6 nitrogen and oxygen atoms in total. The highest BCUT2D eigenvalue weighted by atomic mass is 16.5. The molecule has 0 radical (unpaired) electrons. The van der Waals surface area contributed by atoms with Gasteiger partial charge in [-0.15, -0.1) is 0 Å². The number of benzene rings is 1. The number of amides is 1. The van der Waals surface area contributed by atoms with Crippen molar-refractivity contribution in [3.8, 4) is 0 Å². The van der Waals surface area contributed by atoms with Gasteiger partial charge in [-0.1, -0.05) is 6.07 Å². The van der Waals surface area contributed by atoms with Crippen LogP contribution < -0.4 is 16.4 Å². The number of para-hydroxylation sites is 1. The molecule has 110 valence electrons. The Kier molecular flexibility index (Phi) is 4.81. The summed E-state index contributed by atoms with van der Waals surface area (Å²) in [7, 11) is 0. The molecular weight excluding hydrogens is 258 g/mol. The van der Waals surface area contributed by atoms with Gasteiger partial charge < -0.3 is 26.2 Å². The van der Waals surface area contributed by atoms with Gasteiger partial charge in [-0.05, 0) is 25.0 Å². The number of carbonyl (C=O) groups is 1. The summed E-state index contributed by atoms with van der Waals surface area (Å²) in [5, 5.41) is 8.75. The van der Waals surface area contributed by atoms with Gasteiger partial charge in [0.2, 0.25) is 0 Å². The summed E-state index contributed by atoms with van der Waals surface area (Å²) in [5.74, 6) is -0.509. The van der Waals surface area contributed by atoms with Crippen LogP contribution in [0.5, 0.6) is 0 Å². The zero-order chi connectivity index (χ0) is 14.5. The molecule has 6 heteroatoms. The largest absolute Gasteiger partial charge is 0.396 e. The van der Waals surface area contributed by atoms with Crippen LogP contribution in [0.25, 0.3) is 0 Å². The van der Waals surface area contributed by atoms with E-state index in [1.165, 1.54) is 0 Å². The fraction of sp³-hybridized carbons (Fsp3) is 0.500. The van der Waals surface area contributed by atoms with Crippen LogP contribution in [0.4, 0.5) is 11.4 Å². The van der Waals surface area contributed by atoms with Gasteiger partial charge in [-0.3, -0.25) is 4.79 Å². The van der Waals surface area contributed by atoms with Gasteiger partial charge in [0.15, 0.2) is 0 Å². The summed E-state index contributed by atoms with van der Waals surface area (Å²) in [6.07, 6.45) is 1.93. The molecule has 0 aromatic heterocycles. The molecule has 0 unspecified atom stereocenters. The standard InChI is InChI=1S/C14H21N3O3/c15-13-11(14(16)19)2-1-3-12(13)17-6-4-10(5-7-17)20-9-8-18/h1-3,10,18H,4-9,15H2,(H2,16,19). The van der Waals surface area contributed by atoms with Gasteiger partial charge in [-0.2, -0.15) is 0 Å². The van der Waals surface area contributed by atoms with Crippen LogP contribution in [0.15, 0.2) is 18.2 Å². The maximum Gasteiger partial charge on any atom is 0.250 e. The quantitative estimate of drug-likeness (QED) is 0.675. The third kappa shape index (κ3) is 3.20. The summed E-state index contributed by atoms with van der Waals surface area (Å²) >= 11 is 0. The van der Waals surface area contributed by atoms with E-state index >= 15 is 0 Å². The number of nitrogens with two attached hydrogens (primary N) is 2. The summed E-state index contributed by atoms with van der Waals surface area (Å²) < 4.78 is 5.53. The number of hydrogen-bond donors (Lipinski definition) is 3. The molecule has 20 heavy (non-hydrogen) atoms. The summed E-state index contributed by atoms with van der Waals surface area (Å²) in [6, 6.07) is 5.33. The second-order valence-electron chi connectivity index (χ2n) is 4.88. The Morgan fingerprint density at radius 1 is 1.40 bits per heavy atom. The summed E-state index contributed by atoms with van der Waals surface area (Å²) in [6.45, 7) is 2.04. The lowest BCUT2D eigenvalue weighted by Crippen LogP contribution is -2.38. The Morgan fingerprint density at radius 3 is 2.70 bits per heavy atom. The number of ether oxygens (including phenoxy) is 1. The highest BCUT2D eigenvalue weighted by Crippen LogP contribution is 2.29. The number of hydrogen-bond acceptors (Lipinski definition) is 5. The first-order chi connectivity index (χ1) is 9.63. The summed E-state index contributed by atoms with van der Waals surface area (Å²) in [5.41, 5.74) is 13.0. The molecule has 0 saturated carbocycles. The average Bonchev–Trinajstić information content (AvgIpc) is 2.46. The van der Waals surface area contributed by atoms with Crippen LogP contribution >= 0.6 is 0 Å². The maximum atomic E-state index is 11.3. The normalized spacial score (nSPS) is 16.4. The predicted molar refractivity (Wildman–Crippen MR) is 77.6 cm³/mol. The Hall–Kier alpha value is -1.79. The third-order valence-corrected chi connectivity index (χ3v) is 3.58. The van der Waals surface area contributed by atoms with Crippen molar-refractivity contribution < 1.29 is 14.6 Å². The van der Waals surface area contributed by atoms with Crippen molar-refractivity contribution >= 4 is 17.3 Å². The minimum absolute atomic E-state index is 0.0494. The first-order valence-corrected chi connectivity index (χ1v) is 6.79. The molecule has 1 aliphatic heterocycles. The van der Waals surface area contributed by atoms with Crippen molar-refractivity contribution in [2.45, 2.75) is 18.9 Å². The molecule has 1 aliphatic rings. The first kappa shape index (κ1) is 14.6. The van der Waals surface area contributed by atoms with Crippen molar-refractivity contribution in [1.82, 2.24) is 0 Å². The van der Waals surface area contributed by atoms with E-state index in [0.717, 1.165) is 31.6 Å². The lowest BCUT2D eigenvalue weighted by molar-refractivity contribution is 0.0159. The van der Waals surface area contributed by atoms with Crippen molar-refractivity contribution in [3.63, 3.8) is 0 Å². The molecule has 5 N–H and O–H groups in total. The molecule has 1 aromatic carbocycles. The fourth-order valence-corrected chi connectivity index (χ4v) is 2.53. The Labute approximate surface area is 118 Å². The van der Waals surface area contributed by atoms with Gasteiger partial charge in [0.1, 0.15) is 0 Å². The molecule has 2 rings (SSSR count). The highest BCUT2D eigenvalue weighted by Gasteiger charge is 2.22. The lowest BCUT2D eigenvalue weighted by atomic mass is 10.0. The average molecular weight is 279 g/mol. The van der Waals surface area contributed by atoms with Gasteiger partial charge in [0, 0.05) is 13.1 Å². The minimum atomic E-state index is -0.509. The Morgan fingerprint density at radius 2 is 2.10 bits per heavy atom. The molecule has 0 bridgehead atoms. The maximum absolute atomic E-state index is 11.3. The monoisotopic (exact) mass is 279 g/mol. The van der Waals surface area contributed by atoms with E-state index < -0.39 is 5.91 Å². The minimum Gasteiger partial charge on any atom is -0.396 e. The van der Waals surface area contributed by atoms with E-state index in [1.807, 2.05) is 6.07 Å². The van der Waals surface area contributed by atoms with Gasteiger partial charge in [-0.25, -0.2) is 0 Å². The van der Waals surface area contributed by atoms with Gasteiger partial charge in [0.25, 0.3) is 5.91 Å². The van der Waals surface area contributed by atoms with Crippen LogP contribution in [-0.2, 0) is 4.74 Å². The number of primary amides is 1. The van der Waals surface area contributed by atoms with E-state index in [4.69, 9.17) is 21.3 Å². The molecule has 1 aromatic rings. The number of aliphatic hydroxyl groups is 1. The Balaban J connectivity index is 2.04. The van der Waals surface area contributed by atoms with Crippen molar-refractivity contribution in [1.29, 1.82) is 0 Å². The number of aliphatic hydroxyl groups excluding tert-OH is 1. The zero-order valence-electron chi connectivity index (χ0n) is 11.4. The van der Waals surface area contributed by atoms with E-state index in [2.05, 4.69) is 4.90 Å². The van der Waals surface area contributed by atoms with Gasteiger partial charge >= 0.3 is 0 Å². The molecule has 1 fully saturated rings. The second kappa shape index (κ2) is 6.58. The zero-order valence-corrected chi connectivity index (χ0v) is 11.4. The first-order valence-electron chi connectivity index (χ1n) is 6.79. The number of anilines is 2. The SMILES string of the molecule is NC(=O)c1cccc(N2CCC(OCCO)CC2)c1N. The van der Waals surface area contributed by atoms with E-state index in [-0.39, 0.29) is 12.7 Å². The smallest absolute Gasteiger partial charge is 0.250 e. The molecule has 1 amide bonds. The van der Waals surface area contributed by atoms with Crippen molar-refractivity contribution in [2.75, 3.05) is 36.9 Å². The second-order valence-corrected chi connectivity index (χ2v) is 4.88. The molecule has 0 aliphatic carbocycles. The van der Waals surface area contributed by atoms with Crippen LogP contribution in [-0.4, -0.2) is 43.4 Å². The number of nitrogen functional groups attached to an aromatic ring is 1. The third-order valence-electron chi connectivity index (χ3n) is 3.58. The number of piperidine rings is 1. The van der Waals surface area contributed by atoms with Crippen molar-refractivity contribution in [3.05, 3.63) is 23.8 Å². The van der Waals surface area contributed by atoms with Gasteiger partial charge in [0.05, 0.1) is 36.3 Å². The van der Waals surface area contributed by atoms with Crippen molar-refractivity contribution in [2.24, 2.45) is 5.73 Å². The topological polar surface area (TPSA) is 102 Å². The van der Waals surface area contributed by atoms with E-state index in [9.17, 15) is 4.79 Å². The van der Waals surface area contributed by atoms with E-state index in [0.29, 0.717) is 17.9 Å². The van der Waals surface area contributed by atoms with Crippen LogP contribution in [0, 0.1) is 0 Å². The number of rotatable bonds is 5. The Bertz CT molecular complexity index is 471. The highest BCUT2D eigenvalue weighted by molar-refractivity contribution is 6.00. The summed E-state index contributed by atoms with van der Waals surface area (Å²) in [4.78, 5) is 13.4. The molecule has 1 saturated heterocycles. The molecule has 0 atom stereocenters. The lowest BCUT2D eigenvalue weighted by Gasteiger charge is -2.34. The van der Waals surface area contributed by atoms with E-state index in [1.54, 1.807) is 12.1 Å². The van der Waals surface area contributed by atoms with Crippen LogP contribution in [0.3, 0.4) is 0 Å². The number of nitrogens with zero attached hydrogens (tertiary/aromatic N) is 1. The molecule has 0 spiro atoms. The predicted octanol–water partition coefficient (Wildman–Crippen LogP) is 0.345. The molecular formula is C14H21N3O3.